The lowest BCUT2D eigenvalue weighted by atomic mass is 9.94. The summed E-state index contributed by atoms with van der Waals surface area (Å²) in [7, 11) is 0. The Morgan fingerprint density at radius 1 is 1.06 bits per heavy atom. The third-order valence-electron chi connectivity index (χ3n) is 5.75. The van der Waals surface area contributed by atoms with Gasteiger partial charge in [0.1, 0.15) is 17.6 Å². The summed E-state index contributed by atoms with van der Waals surface area (Å²) in [5.74, 6) is 0.852. The SMILES string of the molecule is CCOc1ccc(-c2nc3n(n2)C(c2ccccc2F)C(C(=O)Nc2ccccc2)=C(C)N3)cc1. The van der Waals surface area contributed by atoms with Crippen LogP contribution >= 0.6 is 0 Å². The van der Waals surface area contributed by atoms with E-state index in [1.165, 1.54) is 6.07 Å². The first kappa shape index (κ1) is 22.3. The van der Waals surface area contributed by atoms with E-state index in [-0.39, 0.29) is 5.91 Å². The van der Waals surface area contributed by atoms with Gasteiger partial charge in [0.2, 0.25) is 5.95 Å². The van der Waals surface area contributed by atoms with Gasteiger partial charge in [-0.1, -0.05) is 36.4 Å². The van der Waals surface area contributed by atoms with E-state index in [2.05, 4.69) is 15.6 Å². The van der Waals surface area contributed by atoms with Crippen molar-refractivity contribution in [1.29, 1.82) is 0 Å². The first-order chi connectivity index (χ1) is 17.0. The van der Waals surface area contributed by atoms with Crippen molar-refractivity contribution in [1.82, 2.24) is 14.8 Å². The fourth-order valence-electron chi connectivity index (χ4n) is 4.14. The number of amides is 1. The van der Waals surface area contributed by atoms with E-state index < -0.39 is 11.9 Å². The molecular formula is C27H24FN5O2. The number of carbonyl (C=O) groups is 1. The van der Waals surface area contributed by atoms with Gasteiger partial charge in [0.25, 0.3) is 5.91 Å². The third kappa shape index (κ3) is 4.38. The monoisotopic (exact) mass is 469 g/mol. The lowest BCUT2D eigenvalue weighted by Crippen LogP contribution is -2.32. The zero-order valence-corrected chi connectivity index (χ0v) is 19.3. The molecule has 2 N–H and O–H groups in total. The number of rotatable bonds is 6. The van der Waals surface area contributed by atoms with Gasteiger partial charge in [-0.15, -0.1) is 5.10 Å². The number of carbonyl (C=O) groups excluding carboxylic acids is 1. The number of hydrogen-bond acceptors (Lipinski definition) is 5. The van der Waals surface area contributed by atoms with Crippen molar-refractivity contribution in [2.45, 2.75) is 19.9 Å². The molecule has 0 saturated carbocycles. The Bertz CT molecular complexity index is 1400. The number of hydrogen-bond donors (Lipinski definition) is 2. The summed E-state index contributed by atoms with van der Waals surface area (Å²) in [4.78, 5) is 18.1. The average molecular weight is 470 g/mol. The molecule has 0 radical (unpaired) electrons. The predicted octanol–water partition coefficient (Wildman–Crippen LogP) is 5.41. The second-order valence-electron chi connectivity index (χ2n) is 8.07. The van der Waals surface area contributed by atoms with Crippen molar-refractivity contribution in [3.8, 4) is 17.1 Å². The van der Waals surface area contributed by atoms with Crippen molar-refractivity contribution in [3.63, 3.8) is 0 Å². The maximum Gasteiger partial charge on any atom is 0.255 e. The highest BCUT2D eigenvalue weighted by Crippen LogP contribution is 2.37. The molecule has 1 aromatic heterocycles. The van der Waals surface area contributed by atoms with Crippen molar-refractivity contribution in [3.05, 3.63) is 102 Å². The van der Waals surface area contributed by atoms with Crippen molar-refractivity contribution < 1.29 is 13.9 Å². The van der Waals surface area contributed by atoms with Crippen LogP contribution in [0.15, 0.2) is 90.1 Å². The molecule has 0 bridgehead atoms. The number of benzene rings is 3. The lowest BCUT2D eigenvalue weighted by Gasteiger charge is -2.28. The van der Waals surface area contributed by atoms with Crippen LogP contribution in [-0.2, 0) is 4.79 Å². The number of fused-ring (bicyclic) bond motifs is 1. The summed E-state index contributed by atoms with van der Waals surface area (Å²) in [6.45, 7) is 4.28. The van der Waals surface area contributed by atoms with Crippen LogP contribution in [-0.4, -0.2) is 27.3 Å². The number of allylic oxidation sites excluding steroid dienone is 1. The molecule has 1 unspecified atom stereocenters. The van der Waals surface area contributed by atoms with Crippen molar-refractivity contribution in [2.24, 2.45) is 0 Å². The molecule has 7 nitrogen and oxygen atoms in total. The van der Waals surface area contributed by atoms with Gasteiger partial charge in [0.05, 0.1) is 12.2 Å². The van der Waals surface area contributed by atoms with E-state index in [9.17, 15) is 4.79 Å². The summed E-state index contributed by atoms with van der Waals surface area (Å²) < 4.78 is 22.1. The van der Waals surface area contributed by atoms with Crippen LogP contribution in [0.5, 0.6) is 5.75 Å². The smallest absolute Gasteiger partial charge is 0.255 e. The van der Waals surface area contributed by atoms with Crippen LogP contribution in [0.1, 0.15) is 25.5 Å². The van der Waals surface area contributed by atoms with E-state index in [1.807, 2.05) is 49.4 Å². The fourth-order valence-corrected chi connectivity index (χ4v) is 4.14. The molecular weight excluding hydrogens is 445 g/mol. The number of nitrogens with zero attached hydrogens (tertiary/aromatic N) is 3. The molecule has 8 heteroatoms. The minimum Gasteiger partial charge on any atom is -0.494 e. The van der Waals surface area contributed by atoms with Crippen molar-refractivity contribution in [2.75, 3.05) is 17.2 Å². The second kappa shape index (κ2) is 9.42. The molecule has 1 atom stereocenters. The van der Waals surface area contributed by atoms with Crippen LogP contribution in [0, 0.1) is 5.82 Å². The van der Waals surface area contributed by atoms with Gasteiger partial charge in [-0.3, -0.25) is 4.79 Å². The topological polar surface area (TPSA) is 81.1 Å². The van der Waals surface area contributed by atoms with E-state index in [4.69, 9.17) is 9.84 Å². The number of para-hydroxylation sites is 1. The highest BCUT2D eigenvalue weighted by molar-refractivity contribution is 6.06. The molecule has 0 saturated heterocycles. The van der Waals surface area contributed by atoms with E-state index >= 15 is 4.39 Å². The van der Waals surface area contributed by atoms with Crippen LogP contribution in [0.4, 0.5) is 16.0 Å². The minimum absolute atomic E-state index is 0.330. The molecule has 5 rings (SSSR count). The maximum absolute atomic E-state index is 15.1. The fraction of sp³-hybridized carbons (Fsp3) is 0.148. The first-order valence-electron chi connectivity index (χ1n) is 11.3. The van der Waals surface area contributed by atoms with Gasteiger partial charge in [0, 0.05) is 22.5 Å². The molecule has 35 heavy (non-hydrogen) atoms. The Morgan fingerprint density at radius 2 is 1.77 bits per heavy atom. The predicted molar refractivity (Wildman–Crippen MR) is 133 cm³/mol. The molecule has 4 aromatic rings. The third-order valence-corrected chi connectivity index (χ3v) is 5.75. The quantitative estimate of drug-likeness (QED) is 0.395. The summed E-state index contributed by atoms with van der Waals surface area (Å²) in [6.07, 6.45) is 0. The minimum atomic E-state index is -0.805. The number of halogens is 1. The van der Waals surface area contributed by atoms with Gasteiger partial charge >= 0.3 is 0 Å². The number of nitrogens with one attached hydrogen (secondary N) is 2. The summed E-state index contributed by atoms with van der Waals surface area (Å²) in [5.41, 5.74) is 2.68. The maximum atomic E-state index is 15.1. The molecule has 1 amide bonds. The van der Waals surface area contributed by atoms with Gasteiger partial charge in [-0.2, -0.15) is 4.98 Å². The van der Waals surface area contributed by atoms with Crippen LogP contribution in [0.3, 0.4) is 0 Å². The Hall–Kier alpha value is -4.46. The standard InChI is InChI=1S/C27H24FN5O2/c1-3-35-20-15-13-18(14-16-20)25-31-27-29-17(2)23(26(34)30-19-9-5-4-6-10-19)24(33(27)32-25)21-11-7-8-12-22(21)28/h4-16,24H,3H2,1-2H3,(H,30,34)(H,29,31,32). The van der Waals surface area contributed by atoms with Gasteiger partial charge in [-0.05, 0) is 56.3 Å². The summed E-state index contributed by atoms with van der Waals surface area (Å²) in [5, 5.41) is 10.8. The van der Waals surface area contributed by atoms with E-state index in [0.717, 1.165) is 11.3 Å². The van der Waals surface area contributed by atoms with Gasteiger partial charge < -0.3 is 15.4 Å². The van der Waals surface area contributed by atoms with E-state index in [0.29, 0.717) is 40.9 Å². The Balaban J connectivity index is 1.58. The largest absolute Gasteiger partial charge is 0.494 e. The molecule has 2 heterocycles. The van der Waals surface area contributed by atoms with Gasteiger partial charge in [0.15, 0.2) is 5.82 Å². The molecule has 0 fully saturated rings. The highest BCUT2D eigenvalue weighted by atomic mass is 19.1. The zero-order chi connectivity index (χ0) is 24.4. The Kier molecular flexibility index (Phi) is 6.01. The van der Waals surface area contributed by atoms with E-state index in [1.54, 1.807) is 41.9 Å². The summed E-state index contributed by atoms with van der Waals surface area (Å²) >= 11 is 0. The average Bonchev–Trinajstić information content (AvgIpc) is 3.28. The molecule has 1 aliphatic rings. The molecule has 1 aliphatic heterocycles. The molecule has 3 aromatic carbocycles. The van der Waals surface area contributed by atoms with Crippen LogP contribution < -0.4 is 15.4 Å². The zero-order valence-electron chi connectivity index (χ0n) is 19.3. The number of aromatic nitrogens is 3. The summed E-state index contributed by atoms with van der Waals surface area (Å²) in [6, 6.07) is 22.2. The van der Waals surface area contributed by atoms with Crippen LogP contribution in [0.25, 0.3) is 11.4 Å². The Morgan fingerprint density at radius 3 is 2.49 bits per heavy atom. The Labute approximate surface area is 202 Å². The number of ether oxygens (including phenoxy) is 1. The van der Waals surface area contributed by atoms with Gasteiger partial charge in [-0.25, -0.2) is 9.07 Å². The second-order valence-corrected chi connectivity index (χ2v) is 8.07. The van der Waals surface area contributed by atoms with Crippen LogP contribution in [0.2, 0.25) is 0 Å². The first-order valence-corrected chi connectivity index (χ1v) is 11.3. The lowest BCUT2D eigenvalue weighted by molar-refractivity contribution is -0.113. The molecule has 0 spiro atoms. The molecule has 176 valence electrons. The normalized spacial score (nSPS) is 14.8. The molecule has 0 aliphatic carbocycles. The van der Waals surface area contributed by atoms with Crippen molar-refractivity contribution >= 4 is 17.5 Å². The number of anilines is 2. The highest BCUT2D eigenvalue weighted by Gasteiger charge is 2.35.